The quantitative estimate of drug-likeness (QED) is 0.415. The van der Waals surface area contributed by atoms with Gasteiger partial charge in [0.25, 0.3) is 10.1 Å². The first-order valence-electron chi connectivity index (χ1n) is 8.74. The van der Waals surface area contributed by atoms with E-state index >= 15 is 0 Å². The summed E-state index contributed by atoms with van der Waals surface area (Å²) in [7, 11) is 0.327. The van der Waals surface area contributed by atoms with Gasteiger partial charge in [-0.05, 0) is 48.0 Å². The van der Waals surface area contributed by atoms with Gasteiger partial charge in [0.05, 0.1) is 18.4 Å². The minimum absolute atomic E-state index is 0. The van der Waals surface area contributed by atoms with Crippen LogP contribution in [0.25, 0.3) is 0 Å². The SMILES string of the molecule is C.C.C.C.COC(C)(CCC(=O)NC(C)(C)CS(=O)(=O)OC)C(C)=O.COC(C)C(C)=O.F. The van der Waals surface area contributed by atoms with Crippen molar-refractivity contribution in [3.8, 4) is 0 Å². The molecule has 0 aromatic carbocycles. The van der Waals surface area contributed by atoms with Crippen molar-refractivity contribution in [3.05, 3.63) is 0 Å². The Morgan fingerprint density at radius 2 is 1.36 bits per heavy atom. The number of hydrogen-bond donors (Lipinski definition) is 1. The molecule has 0 aliphatic heterocycles. The van der Waals surface area contributed by atoms with Crippen LogP contribution in [-0.4, -0.2) is 70.2 Å². The molecule has 0 radical (unpaired) electrons. The Bertz CT molecular complexity index is 638. The molecule has 1 N–H and O–H groups in total. The molecular formula is C22H52FNO8S. The van der Waals surface area contributed by atoms with Crippen molar-refractivity contribution in [1.82, 2.24) is 5.32 Å². The second kappa shape index (κ2) is 21.1. The Morgan fingerprint density at radius 1 is 0.939 bits per heavy atom. The average Bonchev–Trinajstić information content (AvgIpc) is 2.57. The molecule has 0 bridgehead atoms. The summed E-state index contributed by atoms with van der Waals surface area (Å²) in [5, 5.41) is 2.62. The minimum Gasteiger partial charge on any atom is -0.374 e. The van der Waals surface area contributed by atoms with Gasteiger partial charge in [-0.25, -0.2) is 0 Å². The first-order valence-corrected chi connectivity index (χ1v) is 10.3. The van der Waals surface area contributed by atoms with E-state index in [2.05, 4.69) is 14.2 Å². The van der Waals surface area contributed by atoms with Crippen molar-refractivity contribution in [2.45, 2.75) is 101 Å². The molecule has 0 aromatic heterocycles. The molecule has 0 spiro atoms. The van der Waals surface area contributed by atoms with Gasteiger partial charge in [-0.2, -0.15) is 8.42 Å². The molecule has 0 aromatic rings. The van der Waals surface area contributed by atoms with E-state index in [0.717, 1.165) is 7.11 Å². The van der Waals surface area contributed by atoms with E-state index < -0.39 is 21.3 Å². The van der Waals surface area contributed by atoms with Crippen LogP contribution in [0.15, 0.2) is 0 Å². The summed E-state index contributed by atoms with van der Waals surface area (Å²) in [5.41, 5.74) is -1.98. The van der Waals surface area contributed by atoms with Crippen molar-refractivity contribution in [2.75, 3.05) is 27.1 Å². The minimum atomic E-state index is -3.68. The fourth-order valence-electron chi connectivity index (χ4n) is 1.92. The van der Waals surface area contributed by atoms with Gasteiger partial charge < -0.3 is 14.8 Å². The predicted molar refractivity (Wildman–Crippen MR) is 135 cm³/mol. The Labute approximate surface area is 202 Å². The second-order valence-electron chi connectivity index (χ2n) is 7.28. The highest BCUT2D eigenvalue weighted by atomic mass is 32.2. The fourth-order valence-corrected chi connectivity index (χ4v) is 2.99. The van der Waals surface area contributed by atoms with E-state index in [1.807, 2.05) is 0 Å². The topological polar surface area (TPSA) is 125 Å². The highest BCUT2D eigenvalue weighted by molar-refractivity contribution is 7.86. The van der Waals surface area contributed by atoms with Crippen molar-refractivity contribution in [2.24, 2.45) is 0 Å². The third kappa shape index (κ3) is 22.1. The lowest BCUT2D eigenvalue weighted by Gasteiger charge is -2.28. The number of amides is 1. The van der Waals surface area contributed by atoms with Crippen molar-refractivity contribution >= 4 is 27.6 Å². The monoisotopic (exact) mass is 509 g/mol. The van der Waals surface area contributed by atoms with Gasteiger partial charge in [0.2, 0.25) is 5.91 Å². The zero-order valence-corrected chi connectivity index (χ0v) is 19.6. The Morgan fingerprint density at radius 3 is 1.61 bits per heavy atom. The average molecular weight is 510 g/mol. The summed E-state index contributed by atoms with van der Waals surface area (Å²) in [6.07, 6.45) is 0.0398. The molecule has 33 heavy (non-hydrogen) atoms. The van der Waals surface area contributed by atoms with E-state index in [1.54, 1.807) is 27.7 Å². The number of ether oxygens (including phenoxy) is 2. The zero-order chi connectivity index (χ0) is 22.8. The summed E-state index contributed by atoms with van der Waals surface area (Å²) in [6.45, 7) is 9.42. The maximum atomic E-state index is 11.9. The van der Waals surface area contributed by atoms with Crippen LogP contribution in [0.5, 0.6) is 0 Å². The lowest BCUT2D eigenvalue weighted by Crippen LogP contribution is -2.49. The summed E-state index contributed by atoms with van der Waals surface area (Å²) < 4.78 is 37.0. The van der Waals surface area contributed by atoms with E-state index in [4.69, 9.17) is 4.74 Å². The smallest absolute Gasteiger partial charge is 0.269 e. The number of halogens is 1. The molecule has 2 unspecified atom stereocenters. The molecule has 0 heterocycles. The van der Waals surface area contributed by atoms with Gasteiger partial charge in [-0.3, -0.25) is 23.3 Å². The van der Waals surface area contributed by atoms with Crippen molar-refractivity contribution in [3.63, 3.8) is 0 Å². The van der Waals surface area contributed by atoms with Gasteiger partial charge in [0.1, 0.15) is 11.7 Å². The number of carbonyl (C=O) groups excluding carboxylic acids is 3. The Balaban J connectivity index is -0.0000000987. The van der Waals surface area contributed by atoms with Gasteiger partial charge in [-0.15, -0.1) is 0 Å². The third-order valence-electron chi connectivity index (χ3n) is 4.22. The van der Waals surface area contributed by atoms with Gasteiger partial charge in [-0.1, -0.05) is 29.7 Å². The van der Waals surface area contributed by atoms with Crippen molar-refractivity contribution < 1.29 is 41.2 Å². The third-order valence-corrected chi connectivity index (χ3v) is 5.80. The Kier molecular flexibility index (Phi) is 31.3. The predicted octanol–water partition coefficient (Wildman–Crippen LogP) is 3.94. The lowest BCUT2D eigenvalue weighted by molar-refractivity contribution is -0.138. The molecule has 0 aliphatic carbocycles. The summed E-state index contributed by atoms with van der Waals surface area (Å²) in [4.78, 5) is 33.6. The molecule has 0 saturated carbocycles. The van der Waals surface area contributed by atoms with Crippen LogP contribution in [0.4, 0.5) is 4.70 Å². The largest absolute Gasteiger partial charge is 0.374 e. The molecule has 0 rings (SSSR count). The highest BCUT2D eigenvalue weighted by Gasteiger charge is 2.32. The summed E-state index contributed by atoms with van der Waals surface area (Å²) in [5.74, 6) is -0.784. The molecule has 1 amide bonds. The number of rotatable bonds is 11. The molecule has 9 nitrogen and oxygen atoms in total. The zero-order valence-electron chi connectivity index (χ0n) is 18.8. The first-order chi connectivity index (χ1) is 12.6. The van der Waals surface area contributed by atoms with E-state index in [-0.39, 0.29) is 76.6 Å². The number of ketones is 2. The number of hydrogen-bond acceptors (Lipinski definition) is 8. The van der Waals surface area contributed by atoms with Crippen LogP contribution >= 0.6 is 0 Å². The first kappa shape index (κ1) is 48.9. The lowest BCUT2D eigenvalue weighted by atomic mass is 9.95. The van der Waals surface area contributed by atoms with E-state index in [1.165, 1.54) is 28.1 Å². The molecule has 0 saturated heterocycles. The normalized spacial score (nSPS) is 12.6. The number of carbonyl (C=O) groups is 3. The summed E-state index contributed by atoms with van der Waals surface area (Å²) in [6, 6.07) is 0. The van der Waals surface area contributed by atoms with Crippen LogP contribution in [0.2, 0.25) is 0 Å². The van der Waals surface area contributed by atoms with Crippen LogP contribution in [0.3, 0.4) is 0 Å². The van der Waals surface area contributed by atoms with Crippen LogP contribution in [-0.2, 0) is 38.2 Å². The fraction of sp³-hybridized carbons (Fsp3) is 0.864. The summed E-state index contributed by atoms with van der Waals surface area (Å²) >= 11 is 0. The van der Waals surface area contributed by atoms with Crippen LogP contribution in [0, 0.1) is 0 Å². The molecule has 0 aliphatic rings. The maximum Gasteiger partial charge on any atom is 0.269 e. The van der Waals surface area contributed by atoms with Crippen LogP contribution in [0.1, 0.15) is 84.1 Å². The van der Waals surface area contributed by atoms with Gasteiger partial charge >= 0.3 is 0 Å². The van der Waals surface area contributed by atoms with E-state index in [9.17, 15) is 22.8 Å². The Hall–Kier alpha value is -1.43. The molecule has 11 heteroatoms. The number of methoxy groups -OCH3 is 2. The van der Waals surface area contributed by atoms with E-state index in [0.29, 0.717) is 0 Å². The highest BCUT2D eigenvalue weighted by Crippen LogP contribution is 2.18. The number of Topliss-reactive ketones (excluding diaryl/α,β-unsaturated/α-hetero) is 2. The van der Waals surface area contributed by atoms with Crippen molar-refractivity contribution in [1.29, 1.82) is 0 Å². The molecule has 206 valence electrons. The van der Waals surface area contributed by atoms with Gasteiger partial charge in [0, 0.05) is 20.6 Å². The molecule has 2 atom stereocenters. The van der Waals surface area contributed by atoms with Crippen LogP contribution < -0.4 is 5.32 Å². The number of nitrogens with one attached hydrogen (secondary N) is 1. The molecular weight excluding hydrogens is 457 g/mol. The maximum absolute atomic E-state index is 11.9. The molecule has 0 fully saturated rings. The van der Waals surface area contributed by atoms with Gasteiger partial charge in [0.15, 0.2) is 11.6 Å². The standard InChI is InChI=1S/C13H25NO6S.C5H10O2.4CH4.FH/c1-10(15)13(4,19-5)8-7-11(16)14-12(2,3)9-21(17,18)20-6;1-4(6)5(2)7-3;;;;;/h7-9H2,1-6H3,(H,14,16);5H,1-3H3;4*1H4;1H. The second-order valence-corrected chi connectivity index (χ2v) is 9.02.